The van der Waals surface area contributed by atoms with Crippen molar-refractivity contribution in [1.82, 2.24) is 4.57 Å². The van der Waals surface area contributed by atoms with Crippen molar-refractivity contribution >= 4 is 34.1 Å². The van der Waals surface area contributed by atoms with Crippen molar-refractivity contribution in [3.05, 3.63) is 104 Å². The predicted molar refractivity (Wildman–Crippen MR) is 120 cm³/mol. The summed E-state index contributed by atoms with van der Waals surface area (Å²) in [4.78, 5) is 13.5. The Bertz CT molecular complexity index is 1230. The first-order chi connectivity index (χ1) is 14.1. The topological polar surface area (TPSA) is 42.2 Å². The first-order valence-electron chi connectivity index (χ1n) is 9.34. The molecule has 0 radical (unpaired) electrons. The molecule has 4 rings (SSSR count). The minimum atomic E-state index is -0.135. The molecule has 1 N–H and O–H groups in total. The minimum Gasteiger partial charge on any atom is -0.396 e. The number of nitrogens with zero attached hydrogens (tertiary/aromatic N) is 1. The van der Waals surface area contributed by atoms with Crippen LogP contribution in [0.2, 0.25) is 10.0 Å². The second-order valence-corrected chi connectivity index (χ2v) is 7.69. The van der Waals surface area contributed by atoms with Crippen molar-refractivity contribution in [2.75, 3.05) is 6.61 Å². The van der Waals surface area contributed by atoms with E-state index in [1.165, 1.54) is 0 Å². The molecular weight excluding hydrogens is 405 g/mol. The van der Waals surface area contributed by atoms with Crippen LogP contribution in [0.3, 0.4) is 0 Å². The fourth-order valence-corrected chi connectivity index (χ4v) is 4.13. The van der Waals surface area contributed by atoms with Gasteiger partial charge in [-0.25, -0.2) is 0 Å². The van der Waals surface area contributed by atoms with Crippen molar-refractivity contribution < 1.29 is 5.11 Å². The predicted octanol–water partition coefficient (Wildman–Crippen LogP) is 5.56. The molecule has 1 heterocycles. The summed E-state index contributed by atoms with van der Waals surface area (Å²) in [6.45, 7) is 0.295. The Morgan fingerprint density at radius 2 is 1.62 bits per heavy atom. The van der Waals surface area contributed by atoms with Crippen molar-refractivity contribution in [3.8, 4) is 11.1 Å². The van der Waals surface area contributed by atoms with Gasteiger partial charge in [-0.2, -0.15) is 0 Å². The van der Waals surface area contributed by atoms with Gasteiger partial charge in [0.05, 0.1) is 12.1 Å². The number of aliphatic hydroxyl groups excluding tert-OH is 1. The van der Waals surface area contributed by atoms with E-state index >= 15 is 0 Å². The number of pyridine rings is 1. The highest BCUT2D eigenvalue weighted by molar-refractivity contribution is 6.34. The van der Waals surface area contributed by atoms with Crippen molar-refractivity contribution in [3.63, 3.8) is 0 Å². The van der Waals surface area contributed by atoms with Gasteiger partial charge in [-0.1, -0.05) is 71.7 Å². The van der Waals surface area contributed by atoms with Crippen molar-refractivity contribution in [1.29, 1.82) is 0 Å². The lowest BCUT2D eigenvalue weighted by atomic mass is 9.94. The summed E-state index contributed by atoms with van der Waals surface area (Å²) in [7, 11) is 0. The second-order valence-electron chi connectivity index (χ2n) is 6.85. The lowest BCUT2D eigenvalue weighted by Crippen LogP contribution is -2.26. The maximum atomic E-state index is 13.5. The van der Waals surface area contributed by atoms with E-state index in [1.807, 2.05) is 60.7 Å². The van der Waals surface area contributed by atoms with E-state index in [1.54, 1.807) is 16.7 Å². The number of benzene rings is 3. The van der Waals surface area contributed by atoms with Crippen LogP contribution in [0.5, 0.6) is 0 Å². The summed E-state index contributed by atoms with van der Waals surface area (Å²) in [5.41, 5.74) is 3.69. The molecule has 0 aliphatic rings. The normalized spacial score (nSPS) is 11.1. The van der Waals surface area contributed by atoms with E-state index in [4.69, 9.17) is 23.2 Å². The highest BCUT2D eigenvalue weighted by atomic mass is 35.5. The number of aromatic nitrogens is 1. The van der Waals surface area contributed by atoms with E-state index in [9.17, 15) is 9.90 Å². The molecule has 146 valence electrons. The Kier molecular flexibility index (Phi) is 5.72. The van der Waals surface area contributed by atoms with Gasteiger partial charge in [0.1, 0.15) is 0 Å². The molecule has 0 aliphatic carbocycles. The number of aliphatic hydroxyl groups is 1. The maximum Gasteiger partial charge on any atom is 0.255 e. The lowest BCUT2D eigenvalue weighted by molar-refractivity contribution is 0.299. The van der Waals surface area contributed by atoms with Crippen LogP contribution in [0.4, 0.5) is 0 Å². The van der Waals surface area contributed by atoms with E-state index in [0.29, 0.717) is 22.2 Å². The molecule has 1 aromatic heterocycles. The third-order valence-corrected chi connectivity index (χ3v) is 5.58. The lowest BCUT2D eigenvalue weighted by Gasteiger charge is -2.19. The molecule has 3 aromatic carbocycles. The quantitative estimate of drug-likeness (QED) is 0.456. The molecular formula is C24H19Cl2NO2. The Morgan fingerprint density at radius 3 is 2.34 bits per heavy atom. The largest absolute Gasteiger partial charge is 0.396 e. The van der Waals surface area contributed by atoms with Crippen LogP contribution in [0.25, 0.3) is 22.0 Å². The molecule has 0 bridgehead atoms. The highest BCUT2D eigenvalue weighted by Gasteiger charge is 2.20. The average molecular weight is 424 g/mol. The summed E-state index contributed by atoms with van der Waals surface area (Å²) >= 11 is 12.8. The van der Waals surface area contributed by atoms with Gasteiger partial charge in [0.25, 0.3) is 5.56 Å². The Hall–Kier alpha value is -2.59. The van der Waals surface area contributed by atoms with Crippen LogP contribution in [0.1, 0.15) is 11.1 Å². The van der Waals surface area contributed by atoms with Gasteiger partial charge in [0.15, 0.2) is 0 Å². The third kappa shape index (κ3) is 3.82. The molecule has 0 saturated heterocycles. The van der Waals surface area contributed by atoms with E-state index < -0.39 is 0 Å². The van der Waals surface area contributed by atoms with Crippen LogP contribution in [-0.4, -0.2) is 16.3 Å². The zero-order valence-electron chi connectivity index (χ0n) is 15.6. The van der Waals surface area contributed by atoms with Crippen LogP contribution in [0.15, 0.2) is 77.6 Å². The molecule has 0 atom stereocenters. The molecule has 29 heavy (non-hydrogen) atoms. The molecule has 0 amide bonds. The van der Waals surface area contributed by atoms with Crippen LogP contribution < -0.4 is 5.56 Å². The fraction of sp³-hybridized carbons (Fsp3) is 0.125. The van der Waals surface area contributed by atoms with Gasteiger partial charge in [-0.15, -0.1) is 0 Å². The molecule has 5 heteroatoms. The second kappa shape index (κ2) is 8.42. The third-order valence-electron chi connectivity index (χ3n) is 5.01. The number of halogens is 2. The van der Waals surface area contributed by atoms with Gasteiger partial charge in [0.2, 0.25) is 0 Å². The first kappa shape index (κ1) is 19.7. The van der Waals surface area contributed by atoms with E-state index in [-0.39, 0.29) is 18.6 Å². The van der Waals surface area contributed by atoms with Crippen LogP contribution in [-0.2, 0) is 13.0 Å². The smallest absolute Gasteiger partial charge is 0.255 e. The Morgan fingerprint density at radius 1 is 0.897 bits per heavy atom. The summed E-state index contributed by atoms with van der Waals surface area (Å²) in [5, 5.41) is 11.6. The van der Waals surface area contributed by atoms with E-state index in [2.05, 4.69) is 0 Å². The van der Waals surface area contributed by atoms with Gasteiger partial charge in [-0.3, -0.25) is 4.79 Å². The van der Waals surface area contributed by atoms with Crippen molar-refractivity contribution in [2.24, 2.45) is 0 Å². The van der Waals surface area contributed by atoms with Crippen molar-refractivity contribution in [2.45, 2.75) is 13.0 Å². The zero-order chi connectivity index (χ0) is 20.4. The SMILES string of the molecule is O=c1c(CCO)c(-c2ccccc2Cl)c2cc(Cl)ccc2n1Cc1ccccc1. The molecule has 0 fully saturated rings. The molecule has 3 nitrogen and oxygen atoms in total. The van der Waals surface area contributed by atoms with Crippen LogP contribution >= 0.6 is 23.2 Å². The monoisotopic (exact) mass is 423 g/mol. The number of fused-ring (bicyclic) bond motifs is 1. The van der Waals surface area contributed by atoms with Gasteiger partial charge in [-0.05, 0) is 29.8 Å². The average Bonchev–Trinajstić information content (AvgIpc) is 2.73. The molecule has 4 aromatic rings. The molecule has 0 unspecified atom stereocenters. The summed E-state index contributed by atoms with van der Waals surface area (Å²) < 4.78 is 1.74. The fourth-order valence-electron chi connectivity index (χ4n) is 3.72. The Labute approximate surface area is 178 Å². The van der Waals surface area contributed by atoms with E-state index in [0.717, 1.165) is 27.6 Å². The molecule has 0 saturated carbocycles. The summed E-state index contributed by atoms with van der Waals surface area (Å²) in [6, 6.07) is 22.8. The number of hydrogen-bond donors (Lipinski definition) is 1. The summed E-state index contributed by atoms with van der Waals surface area (Å²) in [5.74, 6) is 0. The molecule has 0 spiro atoms. The highest BCUT2D eigenvalue weighted by Crippen LogP contribution is 2.36. The number of rotatable bonds is 5. The van der Waals surface area contributed by atoms with Crippen LogP contribution in [0, 0.1) is 0 Å². The number of hydrogen-bond acceptors (Lipinski definition) is 2. The van der Waals surface area contributed by atoms with Gasteiger partial charge >= 0.3 is 0 Å². The Balaban J connectivity index is 2.09. The standard InChI is InChI=1S/C24H19Cl2NO2/c25-17-10-11-22-20(14-17)23(18-8-4-5-9-21(18)26)19(12-13-28)24(29)27(22)15-16-6-2-1-3-7-16/h1-11,14,28H,12-13,15H2. The van der Waals surface area contributed by atoms with Gasteiger partial charge in [0, 0.05) is 45.1 Å². The zero-order valence-corrected chi connectivity index (χ0v) is 17.1. The first-order valence-corrected chi connectivity index (χ1v) is 10.1. The molecule has 0 aliphatic heterocycles. The maximum absolute atomic E-state index is 13.5. The van der Waals surface area contributed by atoms with Gasteiger partial charge < -0.3 is 9.67 Å². The summed E-state index contributed by atoms with van der Waals surface area (Å²) in [6.07, 6.45) is 0.233. The minimum absolute atomic E-state index is 0.132.